The molecule has 0 aliphatic rings. The summed E-state index contributed by atoms with van der Waals surface area (Å²) >= 11 is 0. The molecule has 0 spiro atoms. The average Bonchev–Trinajstić information content (AvgIpc) is 2.91. The van der Waals surface area contributed by atoms with Gasteiger partial charge < -0.3 is 9.15 Å². The third kappa shape index (κ3) is 1.99. The Bertz CT molecular complexity index is 726. The molecular weight excluding hydrogens is 240 g/mol. The van der Waals surface area contributed by atoms with Crippen LogP contribution in [0.25, 0.3) is 22.3 Å². The highest BCUT2D eigenvalue weighted by Gasteiger charge is 2.15. The van der Waals surface area contributed by atoms with Crippen LogP contribution in [-0.2, 0) is 4.74 Å². The Hall–Kier alpha value is -2.55. The van der Waals surface area contributed by atoms with E-state index in [9.17, 15) is 4.79 Å². The Morgan fingerprint density at radius 3 is 2.58 bits per heavy atom. The van der Waals surface area contributed by atoms with Gasteiger partial charge in [-0.3, -0.25) is 0 Å². The highest BCUT2D eigenvalue weighted by Crippen LogP contribution is 2.29. The number of furan rings is 1. The maximum Gasteiger partial charge on any atom is 0.341 e. The number of fused-ring (bicyclic) bond motifs is 1. The molecular formula is C16H12O3. The molecule has 1 aromatic heterocycles. The topological polar surface area (TPSA) is 39.4 Å². The average molecular weight is 252 g/mol. The number of carbonyl (C=O) groups excluding carboxylic acids is 1. The van der Waals surface area contributed by atoms with Gasteiger partial charge in [-0.1, -0.05) is 42.5 Å². The second-order valence-corrected chi connectivity index (χ2v) is 4.19. The van der Waals surface area contributed by atoms with Gasteiger partial charge in [0.2, 0.25) is 0 Å². The number of hydrogen-bond acceptors (Lipinski definition) is 3. The van der Waals surface area contributed by atoms with E-state index in [-0.39, 0.29) is 5.97 Å². The Balaban J connectivity index is 2.19. The molecule has 0 radical (unpaired) electrons. The Morgan fingerprint density at radius 2 is 1.84 bits per heavy atom. The van der Waals surface area contributed by atoms with Gasteiger partial charge in [-0.15, -0.1) is 0 Å². The molecule has 19 heavy (non-hydrogen) atoms. The van der Waals surface area contributed by atoms with Crippen LogP contribution in [0, 0.1) is 0 Å². The fraction of sp³-hybridized carbons (Fsp3) is 0.0625. The van der Waals surface area contributed by atoms with Crippen molar-refractivity contribution >= 4 is 16.9 Å². The van der Waals surface area contributed by atoms with E-state index in [1.165, 1.54) is 7.11 Å². The lowest BCUT2D eigenvalue weighted by Gasteiger charge is -1.99. The summed E-state index contributed by atoms with van der Waals surface area (Å²) in [5.41, 5.74) is 1.99. The fourth-order valence-corrected chi connectivity index (χ4v) is 2.08. The molecule has 0 N–H and O–H groups in total. The number of benzene rings is 2. The van der Waals surface area contributed by atoms with Crippen molar-refractivity contribution in [1.29, 1.82) is 0 Å². The zero-order valence-electron chi connectivity index (χ0n) is 10.4. The summed E-state index contributed by atoms with van der Waals surface area (Å²) < 4.78 is 10.6. The number of ether oxygens (including phenoxy) is 1. The highest BCUT2D eigenvalue weighted by atomic mass is 16.5. The standard InChI is InChI=1S/C16H12O3/c1-18-16(17)13-9-5-8-12-10-14(19-15(12)13)11-6-3-2-4-7-11/h2-10H,1H3. The molecule has 1 heterocycles. The summed E-state index contributed by atoms with van der Waals surface area (Å²) in [7, 11) is 1.36. The van der Waals surface area contributed by atoms with Gasteiger partial charge >= 0.3 is 5.97 Å². The first-order chi connectivity index (χ1) is 9.29. The maximum absolute atomic E-state index is 11.7. The van der Waals surface area contributed by atoms with Gasteiger partial charge in [0.05, 0.1) is 7.11 Å². The molecule has 94 valence electrons. The third-order valence-corrected chi connectivity index (χ3v) is 3.01. The molecule has 0 aliphatic heterocycles. The van der Waals surface area contributed by atoms with Crippen molar-refractivity contribution in [2.75, 3.05) is 7.11 Å². The quantitative estimate of drug-likeness (QED) is 0.649. The Kier molecular flexibility index (Phi) is 2.80. The lowest BCUT2D eigenvalue weighted by molar-refractivity contribution is 0.0602. The predicted octanol–water partition coefficient (Wildman–Crippen LogP) is 3.89. The zero-order chi connectivity index (χ0) is 13.2. The summed E-state index contributed by atoms with van der Waals surface area (Å²) in [4.78, 5) is 11.7. The number of esters is 1. The molecule has 0 unspecified atom stereocenters. The van der Waals surface area contributed by atoms with Crippen LogP contribution in [0.1, 0.15) is 10.4 Å². The van der Waals surface area contributed by atoms with E-state index in [1.54, 1.807) is 6.07 Å². The van der Waals surface area contributed by atoms with Gasteiger partial charge in [0.15, 0.2) is 0 Å². The minimum absolute atomic E-state index is 0.389. The monoisotopic (exact) mass is 252 g/mol. The number of methoxy groups -OCH3 is 1. The van der Waals surface area contributed by atoms with Crippen LogP contribution in [0.15, 0.2) is 59.0 Å². The lowest BCUT2D eigenvalue weighted by atomic mass is 10.1. The molecule has 0 aliphatic carbocycles. The van der Waals surface area contributed by atoms with Gasteiger partial charge in [0.25, 0.3) is 0 Å². The molecule has 3 heteroatoms. The minimum atomic E-state index is -0.389. The van der Waals surface area contributed by atoms with Gasteiger partial charge in [-0.05, 0) is 12.1 Å². The molecule has 3 nitrogen and oxygen atoms in total. The molecule has 0 amide bonds. The molecule has 3 aromatic rings. The maximum atomic E-state index is 11.7. The number of rotatable bonds is 2. The van der Waals surface area contributed by atoms with Crippen LogP contribution in [0.2, 0.25) is 0 Å². The van der Waals surface area contributed by atoms with Crippen LogP contribution >= 0.6 is 0 Å². The van der Waals surface area contributed by atoms with Crippen molar-refractivity contribution in [2.24, 2.45) is 0 Å². The van der Waals surface area contributed by atoms with Crippen molar-refractivity contribution in [3.63, 3.8) is 0 Å². The summed E-state index contributed by atoms with van der Waals surface area (Å²) in [6.07, 6.45) is 0. The highest BCUT2D eigenvalue weighted by molar-refractivity contribution is 6.02. The van der Waals surface area contributed by atoms with E-state index in [0.29, 0.717) is 11.1 Å². The van der Waals surface area contributed by atoms with E-state index in [4.69, 9.17) is 9.15 Å². The van der Waals surface area contributed by atoms with Crippen LogP contribution in [0.3, 0.4) is 0 Å². The van der Waals surface area contributed by atoms with Crippen molar-refractivity contribution < 1.29 is 13.9 Å². The first-order valence-electron chi connectivity index (χ1n) is 5.96. The van der Waals surface area contributed by atoms with Crippen molar-refractivity contribution in [3.8, 4) is 11.3 Å². The van der Waals surface area contributed by atoms with Crippen molar-refractivity contribution in [2.45, 2.75) is 0 Å². The van der Waals surface area contributed by atoms with Gasteiger partial charge in [0.1, 0.15) is 16.9 Å². The van der Waals surface area contributed by atoms with Crippen molar-refractivity contribution in [1.82, 2.24) is 0 Å². The first kappa shape index (κ1) is 11.5. The van der Waals surface area contributed by atoms with Crippen LogP contribution in [0.4, 0.5) is 0 Å². The fourth-order valence-electron chi connectivity index (χ4n) is 2.08. The lowest BCUT2D eigenvalue weighted by Crippen LogP contribution is -2.00. The second kappa shape index (κ2) is 4.61. The summed E-state index contributed by atoms with van der Waals surface area (Å²) in [5.74, 6) is 0.353. The Morgan fingerprint density at radius 1 is 1.05 bits per heavy atom. The molecule has 2 aromatic carbocycles. The molecule has 3 rings (SSSR count). The number of carbonyl (C=O) groups is 1. The van der Waals surface area contributed by atoms with Crippen LogP contribution in [-0.4, -0.2) is 13.1 Å². The minimum Gasteiger partial charge on any atom is -0.465 e. The second-order valence-electron chi connectivity index (χ2n) is 4.19. The van der Waals surface area contributed by atoms with Gasteiger partial charge in [0, 0.05) is 10.9 Å². The van der Waals surface area contributed by atoms with Crippen LogP contribution < -0.4 is 0 Å². The normalized spacial score (nSPS) is 10.6. The number of para-hydroxylation sites is 1. The van der Waals surface area contributed by atoms with E-state index >= 15 is 0 Å². The van der Waals surface area contributed by atoms with E-state index in [0.717, 1.165) is 16.7 Å². The number of hydrogen-bond donors (Lipinski definition) is 0. The summed E-state index contributed by atoms with van der Waals surface area (Å²) in [6.45, 7) is 0. The molecule has 0 fully saturated rings. The summed E-state index contributed by atoms with van der Waals surface area (Å²) in [5, 5.41) is 0.891. The SMILES string of the molecule is COC(=O)c1cccc2cc(-c3ccccc3)oc12. The van der Waals surface area contributed by atoms with Gasteiger partial charge in [-0.2, -0.15) is 0 Å². The van der Waals surface area contributed by atoms with E-state index < -0.39 is 0 Å². The first-order valence-corrected chi connectivity index (χ1v) is 5.96. The zero-order valence-corrected chi connectivity index (χ0v) is 10.4. The summed E-state index contributed by atoms with van der Waals surface area (Å²) in [6, 6.07) is 17.1. The molecule has 0 atom stereocenters. The van der Waals surface area contributed by atoms with Crippen molar-refractivity contribution in [3.05, 3.63) is 60.2 Å². The van der Waals surface area contributed by atoms with Gasteiger partial charge in [-0.25, -0.2) is 4.79 Å². The third-order valence-electron chi connectivity index (χ3n) is 3.01. The van der Waals surface area contributed by atoms with E-state index in [2.05, 4.69) is 0 Å². The molecule has 0 saturated heterocycles. The smallest absolute Gasteiger partial charge is 0.341 e. The predicted molar refractivity (Wildman–Crippen MR) is 73.0 cm³/mol. The Labute approximate surface area is 110 Å². The molecule has 0 bridgehead atoms. The van der Waals surface area contributed by atoms with Crippen LogP contribution in [0.5, 0.6) is 0 Å². The molecule has 0 saturated carbocycles. The largest absolute Gasteiger partial charge is 0.465 e. The van der Waals surface area contributed by atoms with E-state index in [1.807, 2.05) is 48.5 Å².